The number of hydrogen-bond donors (Lipinski definition) is 0. The van der Waals surface area contributed by atoms with Crippen molar-refractivity contribution in [2.45, 2.75) is 111 Å². The van der Waals surface area contributed by atoms with Crippen molar-refractivity contribution >= 4 is 35.6 Å². The van der Waals surface area contributed by atoms with Crippen molar-refractivity contribution in [3.05, 3.63) is 103 Å². The molecular weight excluding hydrogens is 667 g/mol. The van der Waals surface area contributed by atoms with Crippen LogP contribution < -0.4 is 6.54 Å². The molecule has 0 N–H and O–H groups in total. The first-order chi connectivity index (χ1) is 19.9. The van der Waals surface area contributed by atoms with E-state index < -0.39 is 18.3 Å². The molecule has 0 fully saturated rings. The first kappa shape index (κ1) is 37.9. The summed E-state index contributed by atoms with van der Waals surface area (Å²) in [5, 5.41) is 0. The van der Waals surface area contributed by atoms with E-state index in [4.69, 9.17) is 4.21 Å². The molecule has 3 heteroatoms. The van der Waals surface area contributed by atoms with Gasteiger partial charge in [0.2, 0.25) is 0 Å². The van der Waals surface area contributed by atoms with Crippen molar-refractivity contribution in [3.63, 3.8) is 0 Å². The van der Waals surface area contributed by atoms with E-state index >= 15 is 0 Å². The summed E-state index contributed by atoms with van der Waals surface area (Å²) in [6.45, 7) is 28.7. The fraction of sp³-hybridized carbons (Fsp3) is 0.452. The zero-order valence-corrected chi connectivity index (χ0v) is 34.2. The second-order valence-corrected chi connectivity index (χ2v) is 31.0. The van der Waals surface area contributed by atoms with Crippen LogP contribution in [0.2, 0.25) is 4.13 Å². The van der Waals surface area contributed by atoms with Gasteiger partial charge in [-0.3, -0.25) is 0 Å². The Morgan fingerprint density at radius 2 is 1.31 bits per heavy atom. The summed E-state index contributed by atoms with van der Waals surface area (Å²) in [6.07, 6.45) is 4.68. The van der Waals surface area contributed by atoms with E-state index in [0.717, 1.165) is 17.0 Å². The molecule has 0 heterocycles. The Balaban J connectivity index is 0.00000276. The SMILES string of the molecule is Cl.Cl.[CH2]=[Zr]([CH2]C)([C]1=C(CC)C(C(C)(C)C)=CC1C)([c]1ccccc1)[c]1cc(C(C)(C)C)cc2c1Cc1ccc(C(C)(C)C)cc1-2. The van der Waals surface area contributed by atoms with E-state index in [1.807, 2.05) is 0 Å². The Bertz CT molecular complexity index is 1720. The Morgan fingerprint density at radius 1 is 0.733 bits per heavy atom. The average molecular weight is 725 g/mol. The Kier molecular flexibility index (Phi) is 10.5. The predicted octanol–water partition coefficient (Wildman–Crippen LogP) is 11.5. The number of hydrogen-bond acceptors (Lipinski definition) is 0. The molecule has 0 aromatic heterocycles. The van der Waals surface area contributed by atoms with Crippen LogP contribution in [0.15, 0.2) is 81.2 Å². The van der Waals surface area contributed by atoms with Crippen LogP contribution in [0.1, 0.15) is 112 Å². The zero-order valence-electron chi connectivity index (χ0n) is 30.1. The van der Waals surface area contributed by atoms with Gasteiger partial charge in [0.05, 0.1) is 0 Å². The Hall–Kier alpha value is -1.53. The predicted molar refractivity (Wildman–Crippen MR) is 204 cm³/mol. The molecule has 1 unspecified atom stereocenters. The summed E-state index contributed by atoms with van der Waals surface area (Å²) >= 11 is -4.50. The van der Waals surface area contributed by atoms with Crippen LogP contribution in [0.3, 0.4) is 0 Å². The Morgan fingerprint density at radius 3 is 1.82 bits per heavy atom. The van der Waals surface area contributed by atoms with Crippen molar-refractivity contribution < 1.29 is 18.3 Å². The molecule has 0 nitrogen and oxygen atoms in total. The van der Waals surface area contributed by atoms with Crippen LogP contribution in [-0.4, -0.2) is 4.21 Å². The third kappa shape index (κ3) is 6.02. The molecule has 0 radical (unpaired) electrons. The van der Waals surface area contributed by atoms with Gasteiger partial charge < -0.3 is 0 Å². The molecular formula is C42H58Cl2Zr. The standard InChI is InChI=1S/C21H25.C12H19.C6H5.C2H5.CH2.2ClH.Zr/c1-20(2,3)16-9-7-14-11-15-8-10-17(21(4,5)6)13-19(15)18(14)12-16;1-6-10-7-9(2)8-11(10)12(3,4)5;1-2-4-6-5-3-1;1-2;;;;/h7,9-10,12-13H,11H2,1-6H3;8-9H,6H2,1-5H3;1-5H;1H2,2H3;1H2;2*1H;. The quantitative estimate of drug-likeness (QED) is 0.192. The molecule has 0 saturated carbocycles. The molecule has 0 aliphatic heterocycles. The van der Waals surface area contributed by atoms with E-state index in [0.29, 0.717) is 5.92 Å². The number of fused-ring (bicyclic) bond motifs is 3. The van der Waals surface area contributed by atoms with Gasteiger partial charge in [0, 0.05) is 0 Å². The van der Waals surface area contributed by atoms with Crippen molar-refractivity contribution in [2.75, 3.05) is 0 Å². The molecule has 5 rings (SSSR count). The van der Waals surface area contributed by atoms with E-state index in [-0.39, 0.29) is 41.1 Å². The first-order valence-electron chi connectivity index (χ1n) is 16.7. The number of allylic oxidation sites excluding steroid dienone is 4. The molecule has 0 amide bonds. The van der Waals surface area contributed by atoms with E-state index in [1.54, 1.807) is 23.3 Å². The van der Waals surface area contributed by atoms with Crippen molar-refractivity contribution in [2.24, 2.45) is 11.3 Å². The van der Waals surface area contributed by atoms with Gasteiger partial charge in [-0.25, -0.2) is 0 Å². The maximum absolute atomic E-state index is 5.75. The summed E-state index contributed by atoms with van der Waals surface area (Å²) < 4.78 is 11.7. The summed E-state index contributed by atoms with van der Waals surface area (Å²) in [7, 11) is 0. The molecule has 1 atom stereocenters. The topological polar surface area (TPSA) is 0 Å². The van der Waals surface area contributed by atoms with Crippen LogP contribution in [0.5, 0.6) is 0 Å². The average Bonchev–Trinajstić information content (AvgIpc) is 3.49. The second-order valence-electron chi connectivity index (χ2n) is 16.9. The zero-order chi connectivity index (χ0) is 31.8. The summed E-state index contributed by atoms with van der Waals surface area (Å²) in [5.74, 6) is 0.387. The van der Waals surface area contributed by atoms with E-state index in [2.05, 4.69) is 150 Å². The molecule has 0 saturated heterocycles. The van der Waals surface area contributed by atoms with Gasteiger partial charge >= 0.3 is 266 Å². The van der Waals surface area contributed by atoms with Gasteiger partial charge in [0.25, 0.3) is 0 Å². The monoisotopic (exact) mass is 722 g/mol. The van der Waals surface area contributed by atoms with E-state index in [1.165, 1.54) is 31.1 Å². The summed E-state index contributed by atoms with van der Waals surface area (Å²) in [4.78, 5) is 0. The molecule has 2 aliphatic carbocycles. The van der Waals surface area contributed by atoms with Gasteiger partial charge in [-0.1, -0.05) is 0 Å². The summed E-state index contributed by atoms with van der Waals surface area (Å²) in [6, 6.07) is 24.1. The fourth-order valence-electron chi connectivity index (χ4n) is 8.45. The van der Waals surface area contributed by atoms with Crippen molar-refractivity contribution in [3.8, 4) is 11.1 Å². The molecule has 0 spiro atoms. The fourth-order valence-corrected chi connectivity index (χ4v) is 25.1. The number of halogens is 2. The van der Waals surface area contributed by atoms with Gasteiger partial charge in [-0.05, 0) is 0 Å². The van der Waals surface area contributed by atoms with Crippen LogP contribution >= 0.6 is 24.8 Å². The van der Waals surface area contributed by atoms with Crippen LogP contribution in [0.25, 0.3) is 11.1 Å². The minimum absolute atomic E-state index is 0. The molecule has 3 aromatic carbocycles. The van der Waals surface area contributed by atoms with Crippen LogP contribution in [0, 0.1) is 11.3 Å². The van der Waals surface area contributed by atoms with Gasteiger partial charge in [-0.2, -0.15) is 0 Å². The first-order valence-corrected chi connectivity index (χ1v) is 23.9. The third-order valence-electron chi connectivity index (χ3n) is 11.0. The van der Waals surface area contributed by atoms with Crippen LogP contribution in [0.4, 0.5) is 0 Å². The molecule has 45 heavy (non-hydrogen) atoms. The van der Waals surface area contributed by atoms with Gasteiger partial charge in [-0.15, -0.1) is 24.8 Å². The van der Waals surface area contributed by atoms with Gasteiger partial charge in [0.1, 0.15) is 0 Å². The van der Waals surface area contributed by atoms with Gasteiger partial charge in [0.15, 0.2) is 0 Å². The third-order valence-corrected chi connectivity index (χ3v) is 28.4. The summed E-state index contributed by atoms with van der Waals surface area (Å²) in [5.41, 5.74) is 12.2. The number of rotatable bonds is 5. The molecule has 3 aromatic rings. The van der Waals surface area contributed by atoms with Crippen LogP contribution in [-0.2, 0) is 35.5 Å². The minimum atomic E-state index is -4.50. The Labute approximate surface area is 288 Å². The normalized spacial score (nSPS) is 16.9. The molecule has 2 aliphatic rings. The van der Waals surface area contributed by atoms with Crippen molar-refractivity contribution in [1.29, 1.82) is 0 Å². The number of benzene rings is 3. The van der Waals surface area contributed by atoms with Crippen molar-refractivity contribution in [1.82, 2.24) is 0 Å². The second kappa shape index (κ2) is 12.5. The van der Waals surface area contributed by atoms with E-state index in [9.17, 15) is 0 Å². The molecule has 244 valence electrons. The maximum atomic E-state index is 5.75. The molecule has 0 bridgehead atoms.